The van der Waals surface area contributed by atoms with E-state index in [0.717, 1.165) is 66.7 Å². The van der Waals surface area contributed by atoms with E-state index in [2.05, 4.69) is 12.7 Å². The fraction of sp³-hybridized carbons (Fsp3) is 0.564. The van der Waals surface area contributed by atoms with E-state index in [1.165, 1.54) is 25.0 Å². The van der Waals surface area contributed by atoms with Crippen molar-refractivity contribution in [2.24, 2.45) is 22.9 Å². The SMILES string of the molecule is C=CCOC12Oc3ccc(O)cc3C3C(CCCCO)C(CCCCO)C=C(C(=NOCc4ccc([N+](=O)[O-])cc4)CC1SC1CCCC1)C32. The molecule has 10 nitrogen and oxygen atoms in total. The molecule has 2 fully saturated rings. The van der Waals surface area contributed by atoms with Gasteiger partial charge in [-0.05, 0) is 91.8 Å². The molecule has 2 saturated carbocycles. The summed E-state index contributed by atoms with van der Waals surface area (Å²) in [5, 5.41) is 46.6. The third-order valence-corrected chi connectivity index (χ3v) is 12.5. The number of oxime groups is 1. The second kappa shape index (κ2) is 16.8. The lowest BCUT2D eigenvalue weighted by Crippen LogP contribution is -2.64. The summed E-state index contributed by atoms with van der Waals surface area (Å²) in [5.41, 5.74) is 3.65. The lowest BCUT2D eigenvalue weighted by atomic mass is 9.56. The molecule has 1 aliphatic heterocycles. The molecule has 4 aliphatic rings. The molecule has 6 rings (SSSR count). The minimum atomic E-state index is -1.02. The van der Waals surface area contributed by atoms with Crippen molar-refractivity contribution in [1.82, 2.24) is 0 Å². The summed E-state index contributed by atoms with van der Waals surface area (Å²) in [6.07, 6.45) is 14.3. The van der Waals surface area contributed by atoms with E-state index in [-0.39, 0.29) is 60.2 Å². The molecule has 0 spiro atoms. The van der Waals surface area contributed by atoms with E-state index < -0.39 is 10.7 Å². The zero-order chi connectivity index (χ0) is 35.1. The lowest BCUT2D eigenvalue weighted by Gasteiger charge is -2.58. The molecule has 2 aromatic carbocycles. The Hall–Kier alpha value is -3.38. The summed E-state index contributed by atoms with van der Waals surface area (Å²) in [6, 6.07) is 11.7. The van der Waals surface area contributed by atoms with Gasteiger partial charge in [0.2, 0.25) is 5.79 Å². The molecule has 0 saturated heterocycles. The number of aromatic hydroxyl groups is 1. The molecular formula is C39H50N2O8S. The largest absolute Gasteiger partial charge is 0.508 e. The number of phenolic OH excluding ortho intramolecular Hbond substituents is 1. The van der Waals surface area contributed by atoms with Crippen molar-refractivity contribution in [3.8, 4) is 11.5 Å². The first kappa shape index (κ1) is 36.4. The minimum absolute atomic E-state index is 0.0257. The van der Waals surface area contributed by atoms with Gasteiger partial charge < -0.3 is 29.6 Å². The van der Waals surface area contributed by atoms with Crippen LogP contribution in [0.15, 0.2) is 71.9 Å². The van der Waals surface area contributed by atoms with Crippen LogP contribution in [0.3, 0.4) is 0 Å². The van der Waals surface area contributed by atoms with Crippen molar-refractivity contribution < 1.29 is 34.6 Å². The number of aliphatic hydroxyl groups excluding tert-OH is 2. The molecule has 0 bridgehead atoms. The molecular weight excluding hydrogens is 657 g/mol. The number of benzene rings is 2. The van der Waals surface area contributed by atoms with Gasteiger partial charge in [-0.15, -0.1) is 18.3 Å². The number of hydrogen-bond donors (Lipinski definition) is 3. The third-order valence-electron chi connectivity index (χ3n) is 10.8. The molecule has 0 amide bonds. The van der Waals surface area contributed by atoms with Crippen LogP contribution in [0.5, 0.6) is 11.5 Å². The van der Waals surface area contributed by atoms with E-state index in [9.17, 15) is 25.4 Å². The Morgan fingerprint density at radius 1 is 1.06 bits per heavy atom. The summed E-state index contributed by atoms with van der Waals surface area (Å²) in [5.74, 6) is -0.113. The van der Waals surface area contributed by atoms with E-state index in [4.69, 9.17) is 19.5 Å². The average molecular weight is 707 g/mol. The van der Waals surface area contributed by atoms with Gasteiger partial charge in [0.05, 0.1) is 28.4 Å². The maximum Gasteiger partial charge on any atom is 0.269 e. The van der Waals surface area contributed by atoms with Crippen LogP contribution in [0.25, 0.3) is 0 Å². The summed E-state index contributed by atoms with van der Waals surface area (Å²) >= 11 is 1.94. The van der Waals surface area contributed by atoms with Crippen LogP contribution in [-0.2, 0) is 16.2 Å². The number of hydrogen-bond acceptors (Lipinski definition) is 10. The van der Waals surface area contributed by atoms with Crippen molar-refractivity contribution in [1.29, 1.82) is 0 Å². The van der Waals surface area contributed by atoms with Crippen LogP contribution in [0.4, 0.5) is 5.69 Å². The fourth-order valence-electron chi connectivity index (χ4n) is 8.61. The zero-order valence-electron chi connectivity index (χ0n) is 28.7. The summed E-state index contributed by atoms with van der Waals surface area (Å²) < 4.78 is 14.1. The van der Waals surface area contributed by atoms with E-state index in [1.54, 1.807) is 24.3 Å². The van der Waals surface area contributed by atoms with Crippen LogP contribution in [-0.4, -0.2) is 62.1 Å². The maximum atomic E-state index is 11.2. The smallest absolute Gasteiger partial charge is 0.269 e. The Morgan fingerprint density at radius 3 is 2.50 bits per heavy atom. The number of thioether (sulfide) groups is 1. The van der Waals surface area contributed by atoms with E-state index in [1.807, 2.05) is 23.9 Å². The minimum Gasteiger partial charge on any atom is -0.508 e. The highest BCUT2D eigenvalue weighted by atomic mass is 32.2. The number of ether oxygens (including phenoxy) is 2. The van der Waals surface area contributed by atoms with Gasteiger partial charge in [0, 0.05) is 48.5 Å². The van der Waals surface area contributed by atoms with Crippen LogP contribution < -0.4 is 4.74 Å². The first-order chi connectivity index (χ1) is 24.4. The molecule has 0 radical (unpaired) electrons. The molecule has 3 N–H and O–H groups in total. The molecule has 11 heteroatoms. The van der Waals surface area contributed by atoms with Crippen molar-refractivity contribution in [2.45, 2.75) is 99.4 Å². The number of unbranched alkanes of at least 4 members (excludes halogenated alkanes) is 2. The number of fused-ring (bicyclic) bond motifs is 2. The normalized spacial score (nSPS) is 28.0. The quantitative estimate of drug-likeness (QED) is 0.0649. The summed E-state index contributed by atoms with van der Waals surface area (Å²) in [6.45, 7) is 4.74. The Morgan fingerprint density at radius 2 is 1.80 bits per heavy atom. The number of phenols is 1. The Bertz CT molecular complexity index is 1540. The number of nitro groups is 1. The Balaban J connectivity index is 1.47. The van der Waals surface area contributed by atoms with Gasteiger partial charge in [0.15, 0.2) is 0 Å². The standard InChI is InChI=1S/C39H50N2O8S/c1-2-21-47-39-36(50-30-10-3-4-11-30)24-34(40-48-25-26-13-15-28(16-14-26)41(45)46)32-22-27(9-5-7-19-42)31(12-6-8-20-43)37(38(32)39)33-23-29(44)17-18-35(33)49-39/h2,13-18,22-23,27,30-31,36-38,42-44H,1,3-12,19-21,24-25H2. The Labute approximate surface area is 298 Å². The van der Waals surface area contributed by atoms with Crippen molar-refractivity contribution in [3.63, 3.8) is 0 Å². The highest BCUT2D eigenvalue weighted by Crippen LogP contribution is 2.63. The summed E-state index contributed by atoms with van der Waals surface area (Å²) in [4.78, 5) is 16.8. The van der Waals surface area contributed by atoms with Crippen LogP contribution in [0, 0.1) is 27.9 Å². The zero-order valence-corrected chi connectivity index (χ0v) is 29.5. The van der Waals surface area contributed by atoms with Gasteiger partial charge in [-0.2, -0.15) is 0 Å². The number of non-ortho nitro benzene ring substituents is 1. The van der Waals surface area contributed by atoms with Gasteiger partial charge in [-0.25, -0.2) is 0 Å². The molecule has 270 valence electrons. The van der Waals surface area contributed by atoms with Crippen LogP contribution in [0.2, 0.25) is 0 Å². The highest BCUT2D eigenvalue weighted by molar-refractivity contribution is 8.00. The topological polar surface area (TPSA) is 144 Å². The van der Waals surface area contributed by atoms with Gasteiger partial charge in [0.1, 0.15) is 18.1 Å². The molecule has 0 aromatic heterocycles. The number of allylic oxidation sites excluding steroid dienone is 1. The van der Waals surface area contributed by atoms with Gasteiger partial charge in [-0.1, -0.05) is 43.0 Å². The monoisotopic (exact) mass is 706 g/mol. The summed E-state index contributed by atoms with van der Waals surface area (Å²) in [7, 11) is 0. The van der Waals surface area contributed by atoms with Gasteiger partial charge in [0.25, 0.3) is 5.69 Å². The molecule has 50 heavy (non-hydrogen) atoms. The third kappa shape index (κ3) is 7.76. The number of nitro benzene ring substituents is 1. The predicted octanol–water partition coefficient (Wildman–Crippen LogP) is 7.81. The van der Waals surface area contributed by atoms with E-state index in [0.29, 0.717) is 31.1 Å². The van der Waals surface area contributed by atoms with Crippen molar-refractivity contribution >= 4 is 23.2 Å². The number of rotatable bonds is 17. The second-order valence-corrected chi connectivity index (χ2v) is 15.5. The van der Waals surface area contributed by atoms with Crippen molar-refractivity contribution in [3.05, 3.63) is 88.0 Å². The molecule has 6 unspecified atom stereocenters. The van der Waals surface area contributed by atoms with Crippen LogP contribution in [0.1, 0.15) is 87.7 Å². The van der Waals surface area contributed by atoms with Gasteiger partial charge in [-0.3, -0.25) is 10.1 Å². The van der Waals surface area contributed by atoms with E-state index >= 15 is 0 Å². The maximum absolute atomic E-state index is 11.2. The Kier molecular flexibility index (Phi) is 12.2. The fourth-order valence-corrected chi connectivity index (χ4v) is 10.4. The van der Waals surface area contributed by atoms with Crippen molar-refractivity contribution in [2.75, 3.05) is 19.8 Å². The number of nitrogens with zero attached hydrogens (tertiary/aromatic N) is 2. The predicted molar refractivity (Wildman–Crippen MR) is 194 cm³/mol. The number of aliphatic hydroxyl groups is 2. The second-order valence-electron chi connectivity index (χ2n) is 14.0. The molecule has 3 aliphatic carbocycles. The van der Waals surface area contributed by atoms with Crippen LogP contribution >= 0.6 is 11.8 Å². The lowest BCUT2D eigenvalue weighted by molar-refractivity contribution is -0.384. The molecule has 2 aromatic rings. The molecule has 1 heterocycles. The average Bonchev–Trinajstić information content (AvgIpc) is 3.63. The first-order valence-electron chi connectivity index (χ1n) is 18.2. The highest BCUT2D eigenvalue weighted by Gasteiger charge is 2.64. The molecule has 6 atom stereocenters. The first-order valence-corrected chi connectivity index (χ1v) is 19.1. The van der Waals surface area contributed by atoms with Gasteiger partial charge >= 0.3 is 0 Å².